The van der Waals surface area contributed by atoms with Crippen LogP contribution in [0.3, 0.4) is 0 Å². The Hall–Kier alpha value is -4.52. The van der Waals surface area contributed by atoms with E-state index in [-0.39, 0.29) is 5.91 Å². The van der Waals surface area contributed by atoms with E-state index in [1.165, 1.54) is 0 Å². The van der Waals surface area contributed by atoms with Crippen LogP contribution in [-0.2, 0) is 6.61 Å². The van der Waals surface area contributed by atoms with Crippen LogP contribution in [0, 0.1) is 0 Å². The first-order valence-corrected chi connectivity index (χ1v) is 11.4. The number of benzene rings is 4. The van der Waals surface area contributed by atoms with Crippen LogP contribution in [0.2, 0.25) is 0 Å². The minimum absolute atomic E-state index is 0.290. The summed E-state index contributed by atoms with van der Waals surface area (Å²) in [5, 5.41) is 12.8. The molecule has 176 valence electrons. The zero-order chi connectivity index (χ0) is 24.2. The Morgan fingerprint density at radius 2 is 1.80 bits per heavy atom. The van der Waals surface area contributed by atoms with Gasteiger partial charge in [0.25, 0.3) is 5.91 Å². The maximum Gasteiger partial charge on any atom is 0.261 e. The van der Waals surface area contributed by atoms with Gasteiger partial charge in [-0.3, -0.25) is 9.89 Å². The van der Waals surface area contributed by atoms with Gasteiger partial charge in [0.2, 0.25) is 0 Å². The lowest BCUT2D eigenvalue weighted by Crippen LogP contribution is -2.15. The number of nitrogens with one attached hydrogen (secondary N) is 2. The standard InChI is InChI=1S/C28H25N3O4/c1-3-34-25-14-11-19-8-4-5-10-22(19)26(25)28(32)29-27-23-16-21(12-13-24(23)30-31-27)35-17-18-7-6-9-20(15-18)33-2/h4-16H,3,17H2,1-2H3,(H2,29,30,31,32). The topological polar surface area (TPSA) is 85.5 Å². The molecule has 1 heterocycles. The van der Waals surface area contributed by atoms with Crippen LogP contribution < -0.4 is 19.5 Å². The highest BCUT2D eigenvalue weighted by Gasteiger charge is 2.19. The van der Waals surface area contributed by atoms with Gasteiger partial charge in [-0.05, 0) is 59.7 Å². The lowest BCUT2D eigenvalue weighted by molar-refractivity contribution is 0.102. The molecule has 4 aromatic carbocycles. The summed E-state index contributed by atoms with van der Waals surface area (Å²) in [5.74, 6) is 2.11. The van der Waals surface area contributed by atoms with Gasteiger partial charge in [0.1, 0.15) is 23.9 Å². The maximum atomic E-state index is 13.4. The van der Waals surface area contributed by atoms with E-state index in [4.69, 9.17) is 14.2 Å². The van der Waals surface area contributed by atoms with E-state index >= 15 is 0 Å². The molecule has 0 fully saturated rings. The average molecular weight is 468 g/mol. The molecular weight excluding hydrogens is 442 g/mol. The minimum atomic E-state index is -0.290. The number of anilines is 1. The molecule has 7 heteroatoms. The highest BCUT2D eigenvalue weighted by Crippen LogP contribution is 2.31. The summed E-state index contributed by atoms with van der Waals surface area (Å²) in [7, 11) is 1.64. The number of ether oxygens (including phenoxy) is 3. The molecule has 0 saturated carbocycles. The summed E-state index contributed by atoms with van der Waals surface area (Å²) < 4.78 is 17.0. The van der Waals surface area contributed by atoms with Crippen molar-refractivity contribution in [1.29, 1.82) is 0 Å². The molecule has 0 radical (unpaired) electrons. The van der Waals surface area contributed by atoms with Crippen molar-refractivity contribution in [2.24, 2.45) is 0 Å². The second kappa shape index (κ2) is 9.77. The van der Waals surface area contributed by atoms with Crippen LogP contribution in [-0.4, -0.2) is 29.8 Å². The highest BCUT2D eigenvalue weighted by molar-refractivity contribution is 6.16. The van der Waals surface area contributed by atoms with Crippen LogP contribution in [0.25, 0.3) is 21.7 Å². The Labute approximate surface area is 202 Å². The number of nitrogens with zero attached hydrogens (tertiary/aromatic N) is 1. The summed E-state index contributed by atoms with van der Waals surface area (Å²) in [4.78, 5) is 13.4. The van der Waals surface area contributed by atoms with Crippen LogP contribution in [0.4, 0.5) is 5.82 Å². The fourth-order valence-corrected chi connectivity index (χ4v) is 4.04. The van der Waals surface area contributed by atoms with Gasteiger partial charge in [-0.2, -0.15) is 5.10 Å². The average Bonchev–Trinajstić information content (AvgIpc) is 3.29. The molecule has 0 bridgehead atoms. The number of methoxy groups -OCH3 is 1. The summed E-state index contributed by atoms with van der Waals surface area (Å²) in [6.45, 7) is 2.74. The third-order valence-corrected chi connectivity index (χ3v) is 5.72. The summed E-state index contributed by atoms with van der Waals surface area (Å²) in [6.07, 6.45) is 0. The van der Waals surface area contributed by atoms with Crippen LogP contribution in [0.5, 0.6) is 17.2 Å². The molecular formula is C28H25N3O4. The SMILES string of the molecule is CCOc1ccc2ccccc2c1C(=O)Nc1n[nH]c2ccc(OCc3cccc(OC)c3)cc12. The van der Waals surface area contributed by atoms with E-state index in [1.807, 2.05) is 85.8 Å². The molecule has 7 nitrogen and oxygen atoms in total. The van der Waals surface area contributed by atoms with E-state index in [0.29, 0.717) is 36.1 Å². The van der Waals surface area contributed by atoms with Gasteiger partial charge in [-0.1, -0.05) is 42.5 Å². The normalized spacial score (nSPS) is 10.9. The molecule has 0 atom stereocenters. The first-order valence-electron chi connectivity index (χ1n) is 11.4. The quantitative estimate of drug-likeness (QED) is 0.294. The van der Waals surface area contributed by atoms with E-state index in [9.17, 15) is 4.79 Å². The van der Waals surface area contributed by atoms with Crippen LogP contribution in [0.15, 0.2) is 78.9 Å². The molecule has 35 heavy (non-hydrogen) atoms. The zero-order valence-electron chi connectivity index (χ0n) is 19.5. The maximum absolute atomic E-state index is 13.4. The number of hydrogen-bond acceptors (Lipinski definition) is 5. The van der Waals surface area contributed by atoms with Crippen molar-refractivity contribution in [2.75, 3.05) is 19.0 Å². The first kappa shape index (κ1) is 22.3. The van der Waals surface area contributed by atoms with Gasteiger partial charge >= 0.3 is 0 Å². The lowest BCUT2D eigenvalue weighted by Gasteiger charge is -2.13. The van der Waals surface area contributed by atoms with Gasteiger partial charge < -0.3 is 19.5 Å². The highest BCUT2D eigenvalue weighted by atomic mass is 16.5. The molecule has 2 N–H and O–H groups in total. The van der Waals surface area contributed by atoms with Crippen molar-refractivity contribution in [3.05, 3.63) is 90.0 Å². The molecule has 5 rings (SSSR count). The minimum Gasteiger partial charge on any atom is -0.497 e. The van der Waals surface area contributed by atoms with E-state index in [0.717, 1.165) is 33.0 Å². The molecule has 1 aromatic heterocycles. The van der Waals surface area contributed by atoms with Crippen molar-refractivity contribution < 1.29 is 19.0 Å². The largest absolute Gasteiger partial charge is 0.497 e. The number of amides is 1. The zero-order valence-corrected chi connectivity index (χ0v) is 19.5. The summed E-state index contributed by atoms with van der Waals surface area (Å²) >= 11 is 0. The number of aromatic amines is 1. The lowest BCUT2D eigenvalue weighted by atomic mass is 10.0. The molecule has 0 aliphatic rings. The molecule has 0 aliphatic heterocycles. The van der Waals surface area contributed by atoms with Crippen molar-refractivity contribution >= 4 is 33.4 Å². The Balaban J connectivity index is 1.42. The summed E-state index contributed by atoms with van der Waals surface area (Å²) in [5.41, 5.74) is 2.26. The Morgan fingerprint density at radius 3 is 2.66 bits per heavy atom. The Bertz CT molecular complexity index is 1510. The van der Waals surface area contributed by atoms with E-state index < -0.39 is 0 Å². The van der Waals surface area contributed by atoms with Crippen molar-refractivity contribution in [1.82, 2.24) is 10.2 Å². The van der Waals surface area contributed by atoms with Crippen molar-refractivity contribution in [3.8, 4) is 17.2 Å². The van der Waals surface area contributed by atoms with Crippen molar-refractivity contribution in [2.45, 2.75) is 13.5 Å². The van der Waals surface area contributed by atoms with E-state index in [1.54, 1.807) is 7.11 Å². The fraction of sp³-hybridized carbons (Fsp3) is 0.143. The second-order valence-electron chi connectivity index (χ2n) is 7.97. The number of fused-ring (bicyclic) bond motifs is 2. The molecule has 0 spiro atoms. The van der Waals surface area contributed by atoms with Gasteiger partial charge in [0.15, 0.2) is 5.82 Å². The van der Waals surface area contributed by atoms with Gasteiger partial charge in [-0.15, -0.1) is 0 Å². The predicted molar refractivity (Wildman–Crippen MR) is 136 cm³/mol. The predicted octanol–water partition coefficient (Wildman–Crippen LogP) is 5.95. The number of H-pyrrole nitrogens is 1. The van der Waals surface area contributed by atoms with Gasteiger partial charge in [-0.25, -0.2) is 0 Å². The number of carbonyl (C=O) groups excluding carboxylic acids is 1. The monoisotopic (exact) mass is 467 g/mol. The first-order chi connectivity index (χ1) is 17.2. The van der Waals surface area contributed by atoms with Gasteiger partial charge in [0, 0.05) is 5.39 Å². The molecule has 0 saturated heterocycles. The molecule has 0 aliphatic carbocycles. The second-order valence-corrected chi connectivity index (χ2v) is 7.97. The molecule has 1 amide bonds. The van der Waals surface area contributed by atoms with Crippen LogP contribution >= 0.6 is 0 Å². The molecule has 0 unspecified atom stereocenters. The summed E-state index contributed by atoms with van der Waals surface area (Å²) in [6, 6.07) is 24.8. The Kier molecular flexibility index (Phi) is 6.22. The van der Waals surface area contributed by atoms with Crippen LogP contribution in [0.1, 0.15) is 22.8 Å². The van der Waals surface area contributed by atoms with Gasteiger partial charge in [0.05, 0.1) is 24.8 Å². The molecule has 5 aromatic rings. The third-order valence-electron chi connectivity index (χ3n) is 5.72. The third kappa shape index (κ3) is 4.61. The van der Waals surface area contributed by atoms with E-state index in [2.05, 4.69) is 15.5 Å². The smallest absolute Gasteiger partial charge is 0.261 e. The number of aromatic nitrogens is 2. The number of rotatable bonds is 8. The fourth-order valence-electron chi connectivity index (χ4n) is 4.04. The number of hydrogen-bond donors (Lipinski definition) is 2. The van der Waals surface area contributed by atoms with Crippen molar-refractivity contribution in [3.63, 3.8) is 0 Å². The number of carbonyl (C=O) groups is 1. The Morgan fingerprint density at radius 1 is 0.914 bits per heavy atom.